The smallest absolute Gasteiger partial charge is 0.152 e. The molecule has 0 bridgehead atoms. The summed E-state index contributed by atoms with van der Waals surface area (Å²) in [6.07, 6.45) is 0. The lowest BCUT2D eigenvalue weighted by Crippen LogP contribution is -2.43. The molecule has 4 heteroatoms. The summed E-state index contributed by atoms with van der Waals surface area (Å²) in [5, 5.41) is 0. The predicted molar refractivity (Wildman–Crippen MR) is 54.5 cm³/mol. The Bertz CT molecular complexity index is 250. The van der Waals surface area contributed by atoms with Crippen LogP contribution in [0.1, 0.15) is 20.8 Å². The van der Waals surface area contributed by atoms with Gasteiger partial charge in [0.1, 0.15) is 0 Å². The van der Waals surface area contributed by atoms with E-state index in [1.54, 1.807) is 0 Å². The molecular formula is C9H19NO2S. The SMILES string of the molecule is CC(C)(C)CN1CCS(=O)(=O)CC1. The molecule has 0 saturated carbocycles. The van der Waals surface area contributed by atoms with Crippen LogP contribution in [0, 0.1) is 5.41 Å². The Morgan fingerprint density at radius 2 is 1.62 bits per heavy atom. The Hall–Kier alpha value is -0.0900. The van der Waals surface area contributed by atoms with E-state index in [-0.39, 0.29) is 5.41 Å². The zero-order valence-corrected chi connectivity index (χ0v) is 9.52. The van der Waals surface area contributed by atoms with Gasteiger partial charge in [-0.15, -0.1) is 0 Å². The van der Waals surface area contributed by atoms with E-state index < -0.39 is 9.84 Å². The van der Waals surface area contributed by atoms with Crippen LogP contribution in [0.25, 0.3) is 0 Å². The van der Waals surface area contributed by atoms with E-state index in [1.807, 2.05) is 0 Å². The topological polar surface area (TPSA) is 37.4 Å². The molecule has 0 radical (unpaired) electrons. The Balaban J connectivity index is 2.43. The van der Waals surface area contributed by atoms with Crippen LogP contribution in [-0.2, 0) is 9.84 Å². The Labute approximate surface area is 81.0 Å². The molecule has 0 atom stereocenters. The van der Waals surface area contributed by atoms with Crippen molar-refractivity contribution in [2.24, 2.45) is 5.41 Å². The molecule has 0 spiro atoms. The van der Waals surface area contributed by atoms with Crippen LogP contribution in [0.5, 0.6) is 0 Å². The fourth-order valence-corrected chi connectivity index (χ4v) is 2.86. The molecule has 0 aromatic carbocycles. The molecule has 1 aliphatic rings. The van der Waals surface area contributed by atoms with Crippen LogP contribution in [0.4, 0.5) is 0 Å². The molecule has 0 aromatic heterocycles. The van der Waals surface area contributed by atoms with Crippen LogP contribution >= 0.6 is 0 Å². The van der Waals surface area contributed by atoms with Gasteiger partial charge in [0, 0.05) is 19.6 Å². The molecule has 1 fully saturated rings. The molecule has 0 N–H and O–H groups in total. The van der Waals surface area contributed by atoms with Gasteiger partial charge in [0.25, 0.3) is 0 Å². The second-order valence-electron chi connectivity index (χ2n) is 4.99. The summed E-state index contributed by atoms with van der Waals surface area (Å²) in [6, 6.07) is 0. The summed E-state index contributed by atoms with van der Waals surface area (Å²) in [7, 11) is -2.71. The van der Waals surface area contributed by atoms with Crippen molar-refractivity contribution in [3.63, 3.8) is 0 Å². The third-order valence-electron chi connectivity index (χ3n) is 2.13. The first-order valence-corrected chi connectivity index (χ1v) is 6.53. The lowest BCUT2D eigenvalue weighted by atomic mass is 9.96. The molecule has 0 aromatic rings. The van der Waals surface area contributed by atoms with Gasteiger partial charge < -0.3 is 4.90 Å². The zero-order valence-electron chi connectivity index (χ0n) is 8.71. The predicted octanol–water partition coefficient (Wildman–Crippen LogP) is 0.763. The van der Waals surface area contributed by atoms with Gasteiger partial charge >= 0.3 is 0 Å². The minimum Gasteiger partial charge on any atom is -0.301 e. The lowest BCUT2D eigenvalue weighted by Gasteiger charge is -2.32. The molecule has 0 unspecified atom stereocenters. The Morgan fingerprint density at radius 3 is 2.00 bits per heavy atom. The lowest BCUT2D eigenvalue weighted by molar-refractivity contribution is 0.204. The first kappa shape index (κ1) is 11.0. The fourth-order valence-electron chi connectivity index (χ4n) is 1.58. The molecule has 78 valence electrons. The van der Waals surface area contributed by atoms with Crippen LogP contribution in [0.15, 0.2) is 0 Å². The van der Waals surface area contributed by atoms with Crippen molar-refractivity contribution in [1.29, 1.82) is 0 Å². The summed E-state index contributed by atoms with van der Waals surface area (Å²) < 4.78 is 22.3. The minimum atomic E-state index is -2.71. The van der Waals surface area contributed by atoms with Crippen molar-refractivity contribution in [2.45, 2.75) is 20.8 Å². The Kier molecular flexibility index (Phi) is 3.02. The largest absolute Gasteiger partial charge is 0.301 e. The summed E-state index contributed by atoms with van der Waals surface area (Å²) in [6.45, 7) is 8.93. The third kappa shape index (κ3) is 4.09. The van der Waals surface area contributed by atoms with Gasteiger partial charge in [-0.1, -0.05) is 20.8 Å². The highest BCUT2D eigenvalue weighted by Gasteiger charge is 2.24. The molecule has 1 saturated heterocycles. The average Bonchev–Trinajstić information content (AvgIpc) is 1.91. The number of rotatable bonds is 1. The van der Waals surface area contributed by atoms with Crippen LogP contribution in [0.3, 0.4) is 0 Å². The molecular weight excluding hydrogens is 186 g/mol. The van der Waals surface area contributed by atoms with Gasteiger partial charge in [-0.2, -0.15) is 0 Å². The van der Waals surface area contributed by atoms with Gasteiger partial charge in [-0.3, -0.25) is 0 Å². The van der Waals surface area contributed by atoms with Crippen molar-refractivity contribution < 1.29 is 8.42 Å². The van der Waals surface area contributed by atoms with Crippen molar-refractivity contribution >= 4 is 9.84 Å². The fraction of sp³-hybridized carbons (Fsp3) is 1.00. The monoisotopic (exact) mass is 205 g/mol. The van der Waals surface area contributed by atoms with Crippen LogP contribution in [-0.4, -0.2) is 44.5 Å². The second kappa shape index (κ2) is 3.58. The number of nitrogens with zero attached hydrogens (tertiary/aromatic N) is 1. The zero-order chi connectivity index (χ0) is 10.1. The quantitative estimate of drug-likeness (QED) is 0.634. The molecule has 1 rings (SSSR count). The van der Waals surface area contributed by atoms with E-state index in [2.05, 4.69) is 25.7 Å². The average molecular weight is 205 g/mol. The van der Waals surface area contributed by atoms with Gasteiger partial charge in [-0.25, -0.2) is 8.42 Å². The van der Waals surface area contributed by atoms with E-state index in [0.717, 1.165) is 6.54 Å². The number of hydrogen-bond donors (Lipinski definition) is 0. The maximum atomic E-state index is 11.1. The van der Waals surface area contributed by atoms with Gasteiger partial charge in [0.05, 0.1) is 11.5 Å². The minimum absolute atomic E-state index is 0.265. The molecule has 3 nitrogen and oxygen atoms in total. The second-order valence-corrected chi connectivity index (χ2v) is 7.29. The number of hydrogen-bond acceptors (Lipinski definition) is 3. The molecule has 1 aliphatic heterocycles. The van der Waals surface area contributed by atoms with Gasteiger partial charge in [-0.05, 0) is 5.41 Å². The van der Waals surface area contributed by atoms with Crippen LogP contribution in [0.2, 0.25) is 0 Å². The molecule has 1 heterocycles. The van der Waals surface area contributed by atoms with Crippen LogP contribution < -0.4 is 0 Å². The first-order valence-electron chi connectivity index (χ1n) is 4.71. The van der Waals surface area contributed by atoms with Gasteiger partial charge in [0.15, 0.2) is 9.84 Å². The molecule has 0 amide bonds. The van der Waals surface area contributed by atoms with Crippen molar-refractivity contribution in [2.75, 3.05) is 31.1 Å². The van der Waals surface area contributed by atoms with Gasteiger partial charge in [0.2, 0.25) is 0 Å². The van der Waals surface area contributed by atoms with Crippen molar-refractivity contribution in [1.82, 2.24) is 4.90 Å². The highest BCUT2D eigenvalue weighted by molar-refractivity contribution is 7.91. The highest BCUT2D eigenvalue weighted by Crippen LogP contribution is 2.16. The summed E-state index contributed by atoms with van der Waals surface area (Å²) in [4.78, 5) is 2.24. The molecule has 0 aliphatic carbocycles. The number of sulfone groups is 1. The normalized spacial score (nSPS) is 24.5. The van der Waals surface area contributed by atoms with E-state index >= 15 is 0 Å². The molecule has 13 heavy (non-hydrogen) atoms. The van der Waals surface area contributed by atoms with E-state index in [9.17, 15) is 8.42 Å². The Morgan fingerprint density at radius 1 is 1.15 bits per heavy atom. The van der Waals surface area contributed by atoms with E-state index in [1.165, 1.54) is 0 Å². The standard InChI is InChI=1S/C9H19NO2S/c1-9(2,3)8-10-4-6-13(11,12)7-5-10/h4-8H2,1-3H3. The summed E-state index contributed by atoms with van der Waals surface area (Å²) in [5.74, 6) is 0.673. The van der Waals surface area contributed by atoms with Crippen molar-refractivity contribution in [3.8, 4) is 0 Å². The highest BCUT2D eigenvalue weighted by atomic mass is 32.2. The third-order valence-corrected chi connectivity index (χ3v) is 3.74. The summed E-state index contributed by atoms with van der Waals surface area (Å²) >= 11 is 0. The van der Waals surface area contributed by atoms with Crippen molar-refractivity contribution in [3.05, 3.63) is 0 Å². The summed E-state index contributed by atoms with van der Waals surface area (Å²) in [5.41, 5.74) is 0.265. The first-order chi connectivity index (χ1) is 5.79. The van der Waals surface area contributed by atoms with E-state index in [0.29, 0.717) is 24.6 Å². The maximum Gasteiger partial charge on any atom is 0.152 e. The van der Waals surface area contributed by atoms with E-state index in [4.69, 9.17) is 0 Å². The maximum absolute atomic E-state index is 11.1.